The number of ether oxygens (including phenoxy) is 3. The minimum absolute atomic E-state index is 0.128. The van der Waals surface area contributed by atoms with Crippen LogP contribution in [0.2, 0.25) is 0 Å². The molecular weight excluding hydrogens is 827 g/mol. The van der Waals surface area contributed by atoms with Crippen molar-refractivity contribution in [3.63, 3.8) is 0 Å². The van der Waals surface area contributed by atoms with Gasteiger partial charge in [-0.2, -0.15) is 0 Å². The topological polar surface area (TPSA) is 189 Å². The number of benzene rings is 3. The molecule has 6 heterocycles. The zero-order chi connectivity index (χ0) is 45.5. The van der Waals surface area contributed by atoms with Gasteiger partial charge in [0, 0.05) is 40.7 Å². The van der Waals surface area contributed by atoms with Crippen molar-refractivity contribution in [1.82, 2.24) is 44.9 Å². The highest BCUT2D eigenvalue weighted by Crippen LogP contribution is 2.46. The molecule has 0 saturated carbocycles. The molecule has 3 unspecified atom stereocenters. The molecule has 0 radical (unpaired) electrons. The summed E-state index contributed by atoms with van der Waals surface area (Å²) in [5.41, 5.74) is 7.43. The smallest absolute Gasteiger partial charge is 0.407 e. The Morgan fingerprint density at radius 2 is 1.25 bits per heavy atom. The van der Waals surface area contributed by atoms with E-state index in [-0.39, 0.29) is 35.7 Å². The number of aromatic amines is 2. The van der Waals surface area contributed by atoms with Crippen LogP contribution in [0.3, 0.4) is 0 Å². The molecule has 16 nitrogen and oxygen atoms in total. The molecule has 0 aliphatic carbocycles. The lowest BCUT2D eigenvalue weighted by Gasteiger charge is -2.30. The quantitative estimate of drug-likeness (QED) is 0.0997. The third-order valence-corrected chi connectivity index (χ3v) is 13.0. The first kappa shape index (κ1) is 43.2. The third kappa shape index (κ3) is 8.17. The van der Waals surface area contributed by atoms with Crippen molar-refractivity contribution >= 4 is 34.9 Å². The molecule has 4 amide bonds. The lowest BCUT2D eigenvalue weighted by molar-refractivity contribution is -0.136. The minimum atomic E-state index is -0.720. The largest absolute Gasteiger partial charge is 0.465 e. The maximum absolute atomic E-state index is 13.8. The number of hydrogen-bond donors (Lipinski definition) is 4. The van der Waals surface area contributed by atoms with Crippen LogP contribution in [0.25, 0.3) is 44.7 Å². The number of H-pyrrole nitrogens is 2. The van der Waals surface area contributed by atoms with Crippen molar-refractivity contribution in [2.75, 3.05) is 27.3 Å². The van der Waals surface area contributed by atoms with Gasteiger partial charge in [-0.05, 0) is 67.9 Å². The van der Waals surface area contributed by atoms with Gasteiger partial charge in [0.1, 0.15) is 29.5 Å². The highest BCUT2D eigenvalue weighted by atomic mass is 16.5. The number of hydrogen-bond acceptors (Lipinski definition) is 9. The number of rotatable bonds is 11. The van der Waals surface area contributed by atoms with E-state index in [2.05, 4.69) is 73.7 Å². The number of methoxy groups -OCH3 is 2. The van der Waals surface area contributed by atoms with E-state index in [0.717, 1.165) is 81.7 Å². The van der Waals surface area contributed by atoms with Gasteiger partial charge in [-0.25, -0.2) is 19.6 Å². The fourth-order valence-electron chi connectivity index (χ4n) is 9.56. The Bertz CT molecular complexity index is 2740. The van der Waals surface area contributed by atoms with E-state index in [4.69, 9.17) is 24.2 Å². The lowest BCUT2D eigenvalue weighted by atomic mass is 10.0. The van der Waals surface area contributed by atoms with Crippen LogP contribution in [0.5, 0.6) is 5.75 Å². The number of imidazole rings is 2. The molecule has 0 spiro atoms. The van der Waals surface area contributed by atoms with Gasteiger partial charge in [-0.15, -0.1) is 0 Å². The van der Waals surface area contributed by atoms with Gasteiger partial charge in [0.05, 0.1) is 61.3 Å². The Kier molecular flexibility index (Phi) is 11.8. The van der Waals surface area contributed by atoms with Gasteiger partial charge in [0.25, 0.3) is 0 Å². The molecule has 16 heteroatoms. The van der Waals surface area contributed by atoms with E-state index in [1.165, 1.54) is 14.2 Å². The zero-order valence-electron chi connectivity index (χ0n) is 37.5. The molecule has 3 aliphatic rings. The lowest BCUT2D eigenvalue weighted by Crippen LogP contribution is -2.51. The van der Waals surface area contributed by atoms with Gasteiger partial charge >= 0.3 is 12.2 Å². The first-order chi connectivity index (χ1) is 31.4. The van der Waals surface area contributed by atoms with Crippen molar-refractivity contribution in [3.8, 4) is 39.5 Å². The van der Waals surface area contributed by atoms with E-state index in [9.17, 15) is 19.2 Å². The molecular formula is C49H55N9O7. The second-order valence-electron chi connectivity index (χ2n) is 17.7. The predicted octanol–water partition coefficient (Wildman–Crippen LogP) is 8.12. The van der Waals surface area contributed by atoms with Gasteiger partial charge in [0.15, 0.2) is 0 Å². The minimum Gasteiger partial charge on any atom is -0.465 e. The molecule has 3 aliphatic heterocycles. The number of likely N-dealkylation sites (tertiary alicyclic amines) is 2. The molecule has 4 N–H and O–H groups in total. The number of amides is 4. The fourth-order valence-corrected chi connectivity index (χ4v) is 9.56. The SMILES string of the molecule is COC(=O)NC(C(=O)N1CCCC1c1ncc(-c2ccc3c(c2)cc2n3[C@H](c3ccccc3)Oc3cc(-c4cnc(C5CCCN5C(=O)[C@@H](NC(=O)OC)C(C)C)[nH]4)ccc3-2)[nH]1)C(C)C. The van der Waals surface area contributed by atoms with Crippen LogP contribution in [-0.4, -0.2) is 97.7 Å². The summed E-state index contributed by atoms with van der Waals surface area (Å²) in [6.07, 6.45) is 5.05. The number of nitrogens with one attached hydrogen (secondary N) is 4. The number of alkyl carbamates (subject to hydrolysis) is 2. The fraction of sp³-hybridized carbons (Fsp3) is 0.388. The van der Waals surface area contributed by atoms with Crippen molar-refractivity contribution in [1.29, 1.82) is 0 Å². The molecule has 338 valence electrons. The molecule has 9 rings (SSSR count). The van der Waals surface area contributed by atoms with Crippen LogP contribution in [0.4, 0.5) is 9.59 Å². The molecule has 5 atom stereocenters. The Balaban J connectivity index is 1.00. The maximum atomic E-state index is 13.8. The van der Waals surface area contributed by atoms with Gasteiger partial charge in [-0.3, -0.25) is 9.59 Å². The molecule has 2 saturated heterocycles. The van der Waals surface area contributed by atoms with E-state index in [1.807, 2.05) is 68.0 Å². The van der Waals surface area contributed by atoms with Crippen LogP contribution in [0, 0.1) is 11.8 Å². The molecule has 3 aromatic carbocycles. The maximum Gasteiger partial charge on any atom is 0.407 e. The Morgan fingerprint density at radius 3 is 1.78 bits per heavy atom. The Morgan fingerprint density at radius 1 is 0.708 bits per heavy atom. The Labute approximate surface area is 377 Å². The van der Waals surface area contributed by atoms with Gasteiger partial charge in [-0.1, -0.05) is 70.2 Å². The summed E-state index contributed by atoms with van der Waals surface area (Å²) in [5.74, 6) is 1.55. The van der Waals surface area contributed by atoms with E-state index >= 15 is 0 Å². The summed E-state index contributed by atoms with van der Waals surface area (Å²) in [6, 6.07) is 22.9. The molecule has 6 aromatic rings. The standard InChI is InChI=1S/C49H55N9O7/c1-27(2)41(54-48(61)63-5)45(59)56-20-10-14-37(56)43-50-25-34(52-43)30-17-19-36-32(22-30)23-39-33-18-16-31(24-40(33)65-47(58(36)39)29-12-8-7-9-13-29)35-26-51-44(53-35)38-15-11-21-57(38)46(60)42(28(3)4)55-49(62)64-6/h7-9,12-13,16-19,22-28,37-38,41-42,47H,10-11,14-15,20-21H2,1-6H3,(H,50,52)(H,51,53)(H,54,61)(H,55,62)/t37?,38?,41?,42-,47-/m0/s1. The highest BCUT2D eigenvalue weighted by molar-refractivity contribution is 5.93. The van der Waals surface area contributed by atoms with Crippen LogP contribution >= 0.6 is 0 Å². The number of carbonyl (C=O) groups excluding carboxylic acids is 4. The second kappa shape index (κ2) is 17.8. The van der Waals surface area contributed by atoms with Crippen molar-refractivity contribution in [2.45, 2.75) is 83.8 Å². The van der Waals surface area contributed by atoms with Gasteiger partial charge < -0.3 is 49.2 Å². The van der Waals surface area contributed by atoms with Crippen LogP contribution < -0.4 is 15.4 Å². The van der Waals surface area contributed by atoms with E-state index < -0.39 is 30.5 Å². The van der Waals surface area contributed by atoms with Crippen molar-refractivity contribution in [3.05, 3.63) is 102 Å². The first-order valence-electron chi connectivity index (χ1n) is 22.4. The number of aromatic nitrogens is 5. The zero-order valence-corrected chi connectivity index (χ0v) is 37.5. The summed E-state index contributed by atoms with van der Waals surface area (Å²) < 4.78 is 18.8. The predicted molar refractivity (Wildman–Crippen MR) is 243 cm³/mol. The number of fused-ring (bicyclic) bond motifs is 5. The highest BCUT2D eigenvalue weighted by Gasteiger charge is 2.39. The summed E-state index contributed by atoms with van der Waals surface area (Å²) in [5, 5.41) is 6.46. The first-order valence-corrected chi connectivity index (χ1v) is 22.4. The average Bonchev–Trinajstić information content (AvgIpc) is 4.18. The van der Waals surface area contributed by atoms with Gasteiger partial charge in [0.2, 0.25) is 18.0 Å². The van der Waals surface area contributed by atoms with Crippen molar-refractivity contribution < 1.29 is 33.4 Å². The summed E-state index contributed by atoms with van der Waals surface area (Å²) in [6.45, 7) is 8.75. The normalized spacial score (nSPS) is 18.9. The Hall–Kier alpha value is -7.10. The molecule has 0 bridgehead atoms. The number of nitrogens with zero attached hydrogens (tertiary/aromatic N) is 5. The number of carbonyl (C=O) groups is 4. The van der Waals surface area contributed by atoms with Crippen LogP contribution in [0.15, 0.2) is 85.2 Å². The molecule has 3 aromatic heterocycles. The summed E-state index contributed by atoms with van der Waals surface area (Å²) in [4.78, 5) is 72.0. The summed E-state index contributed by atoms with van der Waals surface area (Å²) in [7, 11) is 2.58. The van der Waals surface area contributed by atoms with Crippen LogP contribution in [-0.2, 0) is 19.1 Å². The molecule has 65 heavy (non-hydrogen) atoms. The van der Waals surface area contributed by atoms with Crippen LogP contribution in [0.1, 0.15) is 88.9 Å². The van der Waals surface area contributed by atoms with E-state index in [1.54, 1.807) is 6.20 Å². The molecule has 2 fully saturated rings. The van der Waals surface area contributed by atoms with Crippen molar-refractivity contribution in [2.24, 2.45) is 11.8 Å². The average molecular weight is 882 g/mol. The third-order valence-electron chi connectivity index (χ3n) is 13.0. The summed E-state index contributed by atoms with van der Waals surface area (Å²) >= 11 is 0. The van der Waals surface area contributed by atoms with E-state index in [0.29, 0.717) is 24.7 Å². The monoisotopic (exact) mass is 881 g/mol. The second-order valence-corrected chi connectivity index (χ2v) is 17.7.